The number of fused-ring (bicyclic) bond motifs is 4. The van der Waals surface area contributed by atoms with Crippen molar-refractivity contribution in [3.63, 3.8) is 0 Å². The zero-order valence-corrected chi connectivity index (χ0v) is 13.9. The largest absolute Gasteiger partial charge is 0.381 e. The molecule has 0 bridgehead atoms. The van der Waals surface area contributed by atoms with Gasteiger partial charge in [-0.15, -0.1) is 0 Å². The normalized spacial score (nSPS) is 63.7. The molecule has 0 aromatic carbocycles. The lowest BCUT2D eigenvalue weighted by atomic mass is 9.46. The van der Waals surface area contributed by atoms with Gasteiger partial charge in [-0.3, -0.25) is 0 Å². The average Bonchev–Trinajstić information content (AvgIpc) is 2.94. The molecule has 0 aromatic rings. The Hall–Kier alpha value is -0.300. The van der Waals surface area contributed by atoms with Crippen LogP contribution in [0.15, 0.2) is 12.2 Å². The van der Waals surface area contributed by atoms with Gasteiger partial charge in [0.1, 0.15) is 0 Å². The van der Waals surface area contributed by atoms with Crippen LogP contribution in [-0.4, -0.2) is 13.2 Å². The van der Waals surface area contributed by atoms with Crippen molar-refractivity contribution in [2.75, 3.05) is 7.11 Å². The third kappa shape index (κ3) is 1.31. The number of ether oxygens (including phenoxy) is 1. The van der Waals surface area contributed by atoms with E-state index in [4.69, 9.17) is 4.74 Å². The van der Waals surface area contributed by atoms with Crippen molar-refractivity contribution in [3.05, 3.63) is 12.2 Å². The molecule has 8 atom stereocenters. The molecule has 0 aliphatic heterocycles. The monoisotopic (exact) mass is 286 g/mol. The molecule has 0 aromatic heterocycles. The lowest BCUT2D eigenvalue weighted by Gasteiger charge is -2.60. The molecule has 116 valence electrons. The van der Waals surface area contributed by atoms with Gasteiger partial charge >= 0.3 is 0 Å². The van der Waals surface area contributed by atoms with E-state index >= 15 is 0 Å². The minimum Gasteiger partial charge on any atom is -0.381 e. The topological polar surface area (TPSA) is 9.23 Å². The van der Waals surface area contributed by atoms with Crippen LogP contribution in [0.4, 0.5) is 0 Å². The fourth-order valence-electron chi connectivity index (χ4n) is 8.06. The Morgan fingerprint density at radius 1 is 1.10 bits per heavy atom. The van der Waals surface area contributed by atoms with Crippen LogP contribution in [0.25, 0.3) is 0 Å². The van der Waals surface area contributed by atoms with E-state index < -0.39 is 0 Å². The molecule has 0 N–H and O–H groups in total. The lowest BCUT2D eigenvalue weighted by Crippen LogP contribution is -2.56. The number of hydrogen-bond donors (Lipinski definition) is 0. The summed E-state index contributed by atoms with van der Waals surface area (Å²) in [5.41, 5.74) is 1.68. The van der Waals surface area contributed by atoms with Gasteiger partial charge in [-0.25, -0.2) is 0 Å². The maximum atomic E-state index is 6.12. The molecule has 4 fully saturated rings. The predicted octanol–water partition coefficient (Wildman–Crippen LogP) is 4.82. The molecule has 0 saturated heterocycles. The second kappa shape index (κ2) is 3.78. The van der Waals surface area contributed by atoms with Gasteiger partial charge < -0.3 is 4.74 Å². The smallest absolute Gasteiger partial charge is 0.0638 e. The second-order valence-electron chi connectivity index (χ2n) is 9.42. The van der Waals surface area contributed by atoms with Crippen LogP contribution < -0.4 is 0 Å². The van der Waals surface area contributed by atoms with Crippen molar-refractivity contribution in [1.82, 2.24) is 0 Å². The molecule has 0 amide bonds. The van der Waals surface area contributed by atoms with Crippen molar-refractivity contribution in [3.8, 4) is 0 Å². The van der Waals surface area contributed by atoms with Crippen LogP contribution in [0.3, 0.4) is 0 Å². The summed E-state index contributed by atoms with van der Waals surface area (Å²) in [7, 11) is 1.99. The maximum absolute atomic E-state index is 6.12. The zero-order chi connectivity index (χ0) is 14.5. The highest BCUT2D eigenvalue weighted by atomic mass is 16.5. The van der Waals surface area contributed by atoms with Gasteiger partial charge in [-0.05, 0) is 79.4 Å². The fraction of sp³-hybridized carbons (Fsp3) is 0.900. The lowest BCUT2D eigenvalue weighted by molar-refractivity contribution is -0.151. The summed E-state index contributed by atoms with van der Waals surface area (Å²) in [6.07, 6.45) is 15.6. The number of allylic oxidation sites excluding steroid dienone is 2. The first-order valence-corrected chi connectivity index (χ1v) is 9.26. The van der Waals surface area contributed by atoms with Crippen LogP contribution >= 0.6 is 0 Å². The molecule has 0 radical (unpaired) electrons. The standard InChI is InChI=1S/C20H30O/c1-18-8-4-5-15(18)14-11-17(21-3)20-12-13(20)6-10-19(20,2)16(14)7-9-18/h4,8,13-17H,5-7,9-12H2,1-3H3/t13-,14+,15+,16+,17-,18+,19-,20+/m1/s1. The highest BCUT2D eigenvalue weighted by Crippen LogP contribution is 2.81. The summed E-state index contributed by atoms with van der Waals surface area (Å²) in [6, 6.07) is 0. The van der Waals surface area contributed by atoms with E-state index in [1.807, 2.05) is 7.11 Å². The van der Waals surface area contributed by atoms with Gasteiger partial charge in [-0.1, -0.05) is 26.0 Å². The molecule has 4 saturated carbocycles. The first-order valence-electron chi connectivity index (χ1n) is 9.26. The Morgan fingerprint density at radius 3 is 2.71 bits per heavy atom. The van der Waals surface area contributed by atoms with Crippen molar-refractivity contribution in [2.24, 2.45) is 39.9 Å². The van der Waals surface area contributed by atoms with Crippen LogP contribution in [0.2, 0.25) is 0 Å². The van der Waals surface area contributed by atoms with Crippen molar-refractivity contribution < 1.29 is 4.74 Å². The van der Waals surface area contributed by atoms with Crippen LogP contribution in [-0.2, 0) is 4.74 Å². The van der Waals surface area contributed by atoms with Gasteiger partial charge in [0, 0.05) is 12.5 Å². The maximum Gasteiger partial charge on any atom is 0.0638 e. The van der Waals surface area contributed by atoms with E-state index in [2.05, 4.69) is 26.0 Å². The molecular formula is C20H30O. The van der Waals surface area contributed by atoms with Gasteiger partial charge in [0.2, 0.25) is 0 Å². The van der Waals surface area contributed by atoms with Gasteiger partial charge in [0.25, 0.3) is 0 Å². The Morgan fingerprint density at radius 2 is 1.95 bits per heavy atom. The summed E-state index contributed by atoms with van der Waals surface area (Å²) in [6.45, 7) is 5.19. The molecule has 0 heterocycles. The summed E-state index contributed by atoms with van der Waals surface area (Å²) >= 11 is 0. The second-order valence-corrected chi connectivity index (χ2v) is 9.42. The molecule has 1 nitrogen and oxygen atoms in total. The molecule has 5 aliphatic carbocycles. The molecule has 1 spiro atoms. The van der Waals surface area contributed by atoms with E-state index in [0.717, 1.165) is 23.7 Å². The first-order chi connectivity index (χ1) is 10.1. The Kier molecular flexibility index (Phi) is 2.37. The highest BCUT2D eigenvalue weighted by molar-refractivity contribution is 5.27. The van der Waals surface area contributed by atoms with E-state index in [9.17, 15) is 0 Å². The summed E-state index contributed by atoms with van der Waals surface area (Å²) in [5, 5.41) is 0. The molecule has 1 heteroatoms. The third-order valence-electron chi connectivity index (χ3n) is 9.16. The SMILES string of the molecule is CO[C@@H]1C[C@H]2[C@@H]3CC=C[C@@]3(C)CC[C@@H]2[C@@]2(C)CC[C@@H]3C[C@]312. The summed E-state index contributed by atoms with van der Waals surface area (Å²) in [4.78, 5) is 0. The Balaban J connectivity index is 1.57. The molecule has 0 unspecified atom stereocenters. The minimum atomic E-state index is 0.502. The molecule has 5 rings (SSSR count). The van der Waals surface area contributed by atoms with Crippen LogP contribution in [0, 0.1) is 39.9 Å². The number of hydrogen-bond acceptors (Lipinski definition) is 1. The van der Waals surface area contributed by atoms with Gasteiger partial charge in [0.15, 0.2) is 0 Å². The van der Waals surface area contributed by atoms with E-state index in [0.29, 0.717) is 22.3 Å². The summed E-state index contributed by atoms with van der Waals surface area (Å²) < 4.78 is 6.12. The molecule has 5 aliphatic rings. The van der Waals surface area contributed by atoms with Gasteiger partial charge in [-0.2, -0.15) is 0 Å². The highest BCUT2D eigenvalue weighted by Gasteiger charge is 2.77. The quantitative estimate of drug-likeness (QED) is 0.628. The fourth-order valence-corrected chi connectivity index (χ4v) is 8.06. The Labute approximate surface area is 129 Å². The Bertz CT molecular complexity index is 510. The summed E-state index contributed by atoms with van der Waals surface area (Å²) in [5.74, 6) is 3.80. The van der Waals surface area contributed by atoms with E-state index in [1.54, 1.807) is 0 Å². The molecule has 21 heavy (non-hydrogen) atoms. The minimum absolute atomic E-state index is 0.502. The van der Waals surface area contributed by atoms with Crippen molar-refractivity contribution >= 4 is 0 Å². The number of methoxy groups -OCH3 is 1. The van der Waals surface area contributed by atoms with Gasteiger partial charge in [0.05, 0.1) is 6.10 Å². The number of rotatable bonds is 1. The first kappa shape index (κ1) is 13.2. The predicted molar refractivity (Wildman–Crippen MR) is 84.9 cm³/mol. The van der Waals surface area contributed by atoms with Crippen LogP contribution in [0.1, 0.15) is 58.8 Å². The average molecular weight is 286 g/mol. The van der Waals surface area contributed by atoms with Crippen molar-refractivity contribution in [2.45, 2.75) is 64.9 Å². The third-order valence-corrected chi connectivity index (χ3v) is 9.16. The zero-order valence-electron chi connectivity index (χ0n) is 13.9. The molecular weight excluding hydrogens is 256 g/mol. The van der Waals surface area contributed by atoms with E-state index in [-0.39, 0.29) is 0 Å². The van der Waals surface area contributed by atoms with E-state index in [1.165, 1.54) is 44.9 Å². The van der Waals surface area contributed by atoms with Crippen LogP contribution in [0.5, 0.6) is 0 Å². The van der Waals surface area contributed by atoms with Crippen molar-refractivity contribution in [1.29, 1.82) is 0 Å².